The summed E-state index contributed by atoms with van der Waals surface area (Å²) in [6.45, 7) is 7.98. The number of rotatable bonds is 6. The van der Waals surface area contributed by atoms with E-state index in [2.05, 4.69) is 19.6 Å². The molecule has 0 saturated heterocycles. The van der Waals surface area contributed by atoms with Gasteiger partial charge in [0.1, 0.15) is 11.5 Å². The van der Waals surface area contributed by atoms with Gasteiger partial charge < -0.3 is 14.6 Å². The van der Waals surface area contributed by atoms with E-state index in [-0.39, 0.29) is 12.5 Å². The van der Waals surface area contributed by atoms with Crippen molar-refractivity contribution < 1.29 is 14.6 Å². The molecule has 0 spiro atoms. The van der Waals surface area contributed by atoms with Gasteiger partial charge in [-0.1, -0.05) is 19.6 Å². The lowest BCUT2D eigenvalue weighted by atomic mass is 10.3. The average molecular weight is 240 g/mol. The van der Waals surface area contributed by atoms with Gasteiger partial charge in [-0.2, -0.15) is 0 Å². The van der Waals surface area contributed by atoms with Crippen molar-refractivity contribution in [3.63, 3.8) is 0 Å². The lowest BCUT2D eigenvalue weighted by molar-refractivity contribution is 0.0220. The van der Waals surface area contributed by atoms with E-state index in [0.717, 1.165) is 12.7 Å². The standard InChI is InChI=1S/C12H20O3Si/c1-16(2,3)9-8-14-10-15-12-6-4-11(13)5-7-12/h4-7,13H,8-10H2,1-3H3. The first kappa shape index (κ1) is 13.1. The molecule has 1 aromatic rings. The third-order valence-corrected chi connectivity index (χ3v) is 3.85. The van der Waals surface area contributed by atoms with Crippen molar-refractivity contribution in [3.05, 3.63) is 24.3 Å². The van der Waals surface area contributed by atoms with Crippen LogP contribution in [0.1, 0.15) is 0 Å². The summed E-state index contributed by atoms with van der Waals surface area (Å²) < 4.78 is 10.8. The largest absolute Gasteiger partial charge is 0.508 e. The van der Waals surface area contributed by atoms with Crippen LogP contribution in [0.3, 0.4) is 0 Å². The molecule has 3 nitrogen and oxygen atoms in total. The fourth-order valence-electron chi connectivity index (χ4n) is 1.09. The molecular weight excluding hydrogens is 220 g/mol. The van der Waals surface area contributed by atoms with Crippen molar-refractivity contribution in [2.24, 2.45) is 0 Å². The lowest BCUT2D eigenvalue weighted by Crippen LogP contribution is -2.22. The fourth-order valence-corrected chi connectivity index (χ4v) is 1.85. The Hall–Kier alpha value is -1.00. The highest BCUT2D eigenvalue weighted by Gasteiger charge is 2.11. The van der Waals surface area contributed by atoms with Crippen LogP contribution in [0.15, 0.2) is 24.3 Å². The molecule has 0 saturated carbocycles. The molecule has 0 aliphatic carbocycles. The number of ether oxygens (including phenoxy) is 2. The molecule has 0 bridgehead atoms. The summed E-state index contributed by atoms with van der Waals surface area (Å²) in [7, 11) is -1.01. The molecule has 4 heteroatoms. The van der Waals surface area contributed by atoms with Gasteiger partial charge in [0, 0.05) is 14.7 Å². The molecule has 90 valence electrons. The summed E-state index contributed by atoms with van der Waals surface area (Å²) in [5.41, 5.74) is 0. The van der Waals surface area contributed by atoms with E-state index in [1.807, 2.05) is 0 Å². The van der Waals surface area contributed by atoms with Crippen LogP contribution in [0.2, 0.25) is 25.7 Å². The van der Waals surface area contributed by atoms with Gasteiger partial charge in [-0.3, -0.25) is 0 Å². The molecular formula is C12H20O3Si. The summed E-state index contributed by atoms with van der Waals surface area (Å²) in [6.07, 6.45) is 0. The smallest absolute Gasteiger partial charge is 0.189 e. The van der Waals surface area contributed by atoms with Crippen LogP contribution < -0.4 is 4.74 Å². The maximum atomic E-state index is 9.07. The molecule has 1 N–H and O–H groups in total. The Morgan fingerprint density at radius 3 is 2.31 bits per heavy atom. The Balaban J connectivity index is 2.14. The number of hydrogen-bond donors (Lipinski definition) is 1. The average Bonchev–Trinajstić information content (AvgIpc) is 2.19. The first-order chi connectivity index (χ1) is 7.47. The molecule has 0 radical (unpaired) electrons. The molecule has 0 unspecified atom stereocenters. The van der Waals surface area contributed by atoms with Crippen LogP contribution in [-0.2, 0) is 4.74 Å². The van der Waals surface area contributed by atoms with Crippen LogP contribution in [-0.4, -0.2) is 26.6 Å². The first-order valence-electron chi connectivity index (χ1n) is 5.47. The highest BCUT2D eigenvalue weighted by molar-refractivity contribution is 6.76. The number of aromatic hydroxyl groups is 1. The fraction of sp³-hybridized carbons (Fsp3) is 0.500. The molecule has 0 aliphatic rings. The summed E-state index contributed by atoms with van der Waals surface area (Å²) in [6, 6.07) is 7.77. The quantitative estimate of drug-likeness (QED) is 0.472. The second-order valence-corrected chi connectivity index (χ2v) is 10.6. The van der Waals surface area contributed by atoms with Gasteiger partial charge >= 0.3 is 0 Å². The van der Waals surface area contributed by atoms with E-state index >= 15 is 0 Å². The van der Waals surface area contributed by atoms with Gasteiger partial charge in [0.05, 0.1) is 0 Å². The second-order valence-electron chi connectivity index (χ2n) is 4.97. The Morgan fingerprint density at radius 2 is 1.75 bits per heavy atom. The topological polar surface area (TPSA) is 38.7 Å². The van der Waals surface area contributed by atoms with Crippen LogP contribution in [0.5, 0.6) is 11.5 Å². The minimum Gasteiger partial charge on any atom is -0.508 e. The third kappa shape index (κ3) is 5.78. The summed E-state index contributed by atoms with van der Waals surface area (Å²) >= 11 is 0. The lowest BCUT2D eigenvalue weighted by Gasteiger charge is -2.15. The van der Waals surface area contributed by atoms with Gasteiger partial charge in [0.2, 0.25) is 0 Å². The van der Waals surface area contributed by atoms with Crippen LogP contribution in [0.25, 0.3) is 0 Å². The Bertz CT molecular complexity index is 303. The van der Waals surface area contributed by atoms with E-state index in [1.165, 1.54) is 0 Å². The van der Waals surface area contributed by atoms with Crippen molar-refractivity contribution in [2.75, 3.05) is 13.4 Å². The third-order valence-electron chi connectivity index (χ3n) is 2.14. The Morgan fingerprint density at radius 1 is 1.12 bits per heavy atom. The minimum atomic E-state index is -1.01. The van der Waals surface area contributed by atoms with E-state index < -0.39 is 8.07 Å². The van der Waals surface area contributed by atoms with Crippen LogP contribution in [0.4, 0.5) is 0 Å². The zero-order valence-electron chi connectivity index (χ0n) is 10.2. The molecule has 0 atom stereocenters. The number of phenols is 1. The molecule has 0 fully saturated rings. The highest BCUT2D eigenvalue weighted by Crippen LogP contribution is 2.15. The van der Waals surface area contributed by atoms with Crippen LogP contribution in [0, 0.1) is 0 Å². The minimum absolute atomic E-state index is 0.243. The number of hydrogen-bond acceptors (Lipinski definition) is 3. The number of benzene rings is 1. The van der Waals surface area contributed by atoms with E-state index in [4.69, 9.17) is 14.6 Å². The summed E-state index contributed by atoms with van der Waals surface area (Å²) in [4.78, 5) is 0. The predicted molar refractivity (Wildman–Crippen MR) is 67.7 cm³/mol. The maximum Gasteiger partial charge on any atom is 0.189 e. The molecule has 16 heavy (non-hydrogen) atoms. The SMILES string of the molecule is C[Si](C)(C)CCOCOc1ccc(O)cc1. The van der Waals surface area contributed by atoms with Gasteiger partial charge in [0.15, 0.2) is 6.79 Å². The molecule has 0 aromatic heterocycles. The van der Waals surface area contributed by atoms with Crippen molar-refractivity contribution in [1.29, 1.82) is 0 Å². The van der Waals surface area contributed by atoms with Crippen molar-refractivity contribution in [1.82, 2.24) is 0 Å². The summed E-state index contributed by atoms with van der Waals surface area (Å²) in [5.74, 6) is 0.956. The van der Waals surface area contributed by atoms with Crippen molar-refractivity contribution >= 4 is 8.07 Å². The monoisotopic (exact) mass is 240 g/mol. The van der Waals surface area contributed by atoms with Crippen LogP contribution >= 0.6 is 0 Å². The number of phenolic OH excluding ortho intramolecular Hbond substituents is 1. The first-order valence-corrected chi connectivity index (χ1v) is 9.18. The maximum absolute atomic E-state index is 9.07. The zero-order chi connectivity index (χ0) is 12.0. The molecule has 1 rings (SSSR count). The van der Waals surface area contributed by atoms with Gasteiger partial charge in [-0.05, 0) is 30.3 Å². The predicted octanol–water partition coefficient (Wildman–Crippen LogP) is 3.08. The molecule has 0 aliphatic heterocycles. The van der Waals surface area contributed by atoms with E-state index in [1.54, 1.807) is 24.3 Å². The molecule has 0 amide bonds. The van der Waals surface area contributed by atoms with Gasteiger partial charge in [0.25, 0.3) is 0 Å². The van der Waals surface area contributed by atoms with Crippen molar-refractivity contribution in [2.45, 2.75) is 25.7 Å². The van der Waals surface area contributed by atoms with Gasteiger partial charge in [-0.25, -0.2) is 0 Å². The molecule has 1 aromatic carbocycles. The molecule has 0 heterocycles. The Kier molecular flexibility index (Phi) is 4.83. The van der Waals surface area contributed by atoms with Gasteiger partial charge in [-0.15, -0.1) is 0 Å². The summed E-state index contributed by atoms with van der Waals surface area (Å²) in [5, 5.41) is 9.07. The Labute approximate surface area is 98.0 Å². The highest BCUT2D eigenvalue weighted by atomic mass is 28.3. The van der Waals surface area contributed by atoms with E-state index in [0.29, 0.717) is 5.75 Å². The van der Waals surface area contributed by atoms with Crippen molar-refractivity contribution in [3.8, 4) is 11.5 Å². The normalized spacial score (nSPS) is 11.4. The van der Waals surface area contributed by atoms with E-state index in [9.17, 15) is 0 Å². The second kappa shape index (κ2) is 5.91. The zero-order valence-corrected chi connectivity index (χ0v) is 11.2.